The second kappa shape index (κ2) is 27.2. The molecule has 2 aliphatic rings. The molecule has 0 bridgehead atoms. The van der Waals surface area contributed by atoms with Gasteiger partial charge in [-0.1, -0.05) is 6.07 Å². The third kappa shape index (κ3) is 15.3. The van der Waals surface area contributed by atoms with Gasteiger partial charge in [-0.25, -0.2) is 14.9 Å². The van der Waals surface area contributed by atoms with Crippen LogP contribution in [0.15, 0.2) is 54.6 Å². The van der Waals surface area contributed by atoms with Crippen LogP contribution in [0, 0.1) is 11.3 Å². The number of carbonyl (C=O) groups is 6. The average molecular weight is 1010 g/mol. The maximum Gasteiger partial charge on any atom is 0.335 e. The third-order valence-electron chi connectivity index (χ3n) is 10.8. The Bertz CT molecular complexity index is 2480. The SMILES string of the molecule is CCOc1c(C#N)c(N)cc(NC(=O)Cc2cc(OC)ccc2OC)[n+]1Cc1ccc(O[C@@H]2O[C@H](C(=O)O)[C@@H](O)[C@H](O)[C@H]2O)c(NC(=O)CCNC(=O)CCOCCOCCOCCN2C(=O)C=CC2=O)c1. The highest BCUT2D eigenvalue weighted by Crippen LogP contribution is 2.32. The average Bonchev–Trinajstić information content (AvgIpc) is 3.67. The molecule has 0 spiro atoms. The molecule has 5 rings (SSSR count). The van der Waals surface area contributed by atoms with Gasteiger partial charge in [0.1, 0.15) is 48.2 Å². The largest absolute Gasteiger partial charge is 0.497 e. The van der Waals surface area contributed by atoms with Crippen molar-refractivity contribution in [2.45, 2.75) is 63.4 Å². The second-order valence-corrected chi connectivity index (χ2v) is 15.8. The van der Waals surface area contributed by atoms with Crippen LogP contribution >= 0.6 is 0 Å². The van der Waals surface area contributed by atoms with Gasteiger partial charge in [-0.05, 0) is 42.8 Å². The smallest absolute Gasteiger partial charge is 0.335 e. The van der Waals surface area contributed by atoms with E-state index in [1.54, 1.807) is 25.1 Å². The first-order chi connectivity index (χ1) is 34.6. The molecule has 0 unspecified atom stereocenters. The van der Waals surface area contributed by atoms with Crippen LogP contribution < -0.4 is 45.2 Å². The number of hydrogen-bond acceptors (Lipinski definition) is 19. The highest BCUT2D eigenvalue weighted by molar-refractivity contribution is 6.12. The van der Waals surface area contributed by atoms with Gasteiger partial charge in [0, 0.05) is 37.1 Å². The van der Waals surface area contributed by atoms with E-state index in [1.165, 1.54) is 55.2 Å². The zero-order valence-electron chi connectivity index (χ0n) is 39.7. The Labute approximate surface area is 412 Å². The van der Waals surface area contributed by atoms with E-state index in [9.17, 15) is 54.5 Å². The van der Waals surface area contributed by atoms with E-state index in [0.29, 0.717) is 22.6 Å². The molecule has 25 heteroatoms. The zero-order chi connectivity index (χ0) is 52.3. The quantitative estimate of drug-likeness (QED) is 0.0250. The van der Waals surface area contributed by atoms with Gasteiger partial charge in [-0.3, -0.25) is 24.1 Å². The van der Waals surface area contributed by atoms with E-state index < -0.39 is 54.4 Å². The minimum atomic E-state index is -2.01. The van der Waals surface area contributed by atoms with Crippen LogP contribution in [0.4, 0.5) is 17.2 Å². The number of benzene rings is 2. The van der Waals surface area contributed by atoms with E-state index in [-0.39, 0.29) is 131 Å². The number of amides is 5. The topological polar surface area (TPSA) is 350 Å². The van der Waals surface area contributed by atoms with Crippen molar-refractivity contribution in [2.24, 2.45) is 0 Å². The lowest BCUT2D eigenvalue weighted by molar-refractivity contribution is -0.679. The van der Waals surface area contributed by atoms with Gasteiger partial charge in [-0.15, -0.1) is 0 Å². The number of anilines is 3. The number of carboxylic acids is 1. The third-order valence-corrected chi connectivity index (χ3v) is 10.8. The van der Waals surface area contributed by atoms with E-state index in [0.717, 1.165) is 4.90 Å². The summed E-state index contributed by atoms with van der Waals surface area (Å²) >= 11 is 0. The van der Waals surface area contributed by atoms with Crippen molar-refractivity contribution in [2.75, 3.05) is 89.9 Å². The fraction of sp³-hybridized carbons (Fsp3) is 0.447. The number of aliphatic hydroxyl groups excluding tert-OH is 3. The van der Waals surface area contributed by atoms with Crippen LogP contribution in [0.1, 0.15) is 36.5 Å². The van der Waals surface area contributed by atoms with Gasteiger partial charge < -0.3 is 74.7 Å². The molecule has 0 saturated carbocycles. The van der Waals surface area contributed by atoms with Crippen molar-refractivity contribution < 1.29 is 91.7 Å². The van der Waals surface area contributed by atoms with Crippen molar-refractivity contribution in [1.29, 1.82) is 5.26 Å². The molecule has 2 aromatic carbocycles. The summed E-state index contributed by atoms with van der Waals surface area (Å²) in [6.45, 7) is 2.70. The van der Waals surface area contributed by atoms with E-state index in [2.05, 4.69) is 16.0 Å². The molecular formula is C47H58N7O18+. The number of imide groups is 1. The molecule has 3 heterocycles. The minimum Gasteiger partial charge on any atom is -0.497 e. The molecule has 1 fully saturated rings. The van der Waals surface area contributed by atoms with Crippen LogP contribution in [-0.4, -0.2) is 165 Å². The van der Waals surface area contributed by atoms with Crippen molar-refractivity contribution >= 4 is 52.7 Å². The van der Waals surface area contributed by atoms with Crippen LogP contribution in [0.2, 0.25) is 0 Å². The number of aromatic nitrogens is 1. The number of carboxylic acid groups (broad SMARTS) is 1. The van der Waals surface area contributed by atoms with Gasteiger partial charge in [0.15, 0.2) is 11.7 Å². The first-order valence-corrected chi connectivity index (χ1v) is 22.5. The Balaban J connectivity index is 1.24. The molecule has 25 nitrogen and oxygen atoms in total. The first kappa shape index (κ1) is 55.5. The number of hydrogen-bond donors (Lipinski definition) is 8. The van der Waals surface area contributed by atoms with Gasteiger partial charge in [-0.2, -0.15) is 9.83 Å². The number of rotatable bonds is 28. The fourth-order valence-electron chi connectivity index (χ4n) is 7.17. The molecule has 72 heavy (non-hydrogen) atoms. The molecule has 1 saturated heterocycles. The van der Waals surface area contributed by atoms with Crippen LogP contribution in [0.5, 0.6) is 23.1 Å². The lowest BCUT2D eigenvalue weighted by Crippen LogP contribution is -2.61. The molecule has 5 amide bonds. The summed E-state index contributed by atoms with van der Waals surface area (Å²) < 4.78 is 45.5. The number of pyridine rings is 1. The molecule has 2 aliphatic heterocycles. The van der Waals surface area contributed by atoms with Crippen LogP contribution in [-0.2, 0) is 60.7 Å². The lowest BCUT2D eigenvalue weighted by atomic mass is 9.99. The predicted molar refractivity (Wildman–Crippen MR) is 248 cm³/mol. The molecular weight excluding hydrogens is 951 g/mol. The number of methoxy groups -OCH3 is 2. The number of nitrogens with one attached hydrogen (secondary N) is 3. The number of nitrogen functional groups attached to an aromatic ring is 1. The summed E-state index contributed by atoms with van der Waals surface area (Å²) in [5, 5.41) is 59.3. The highest BCUT2D eigenvalue weighted by Gasteiger charge is 2.48. The summed E-state index contributed by atoms with van der Waals surface area (Å²) in [5.74, 6) is -3.16. The molecule has 9 N–H and O–H groups in total. The number of ether oxygens (including phenoxy) is 8. The first-order valence-electron chi connectivity index (χ1n) is 22.5. The van der Waals surface area contributed by atoms with Gasteiger partial charge in [0.05, 0.1) is 90.9 Å². The van der Waals surface area contributed by atoms with Crippen molar-refractivity contribution in [3.63, 3.8) is 0 Å². The summed E-state index contributed by atoms with van der Waals surface area (Å²) in [6, 6.07) is 12.7. The Morgan fingerprint density at radius 1 is 0.819 bits per heavy atom. The summed E-state index contributed by atoms with van der Waals surface area (Å²) in [6.07, 6.45) is -7.89. The molecule has 5 atom stereocenters. The summed E-state index contributed by atoms with van der Waals surface area (Å²) in [5.41, 5.74) is 7.08. The molecule has 1 aromatic heterocycles. The fourth-order valence-corrected chi connectivity index (χ4v) is 7.17. The number of aliphatic carboxylic acids is 1. The van der Waals surface area contributed by atoms with Gasteiger partial charge in [0.2, 0.25) is 18.1 Å². The lowest BCUT2D eigenvalue weighted by Gasteiger charge is -2.38. The molecule has 0 radical (unpaired) electrons. The summed E-state index contributed by atoms with van der Waals surface area (Å²) in [7, 11) is 2.94. The molecule has 0 aliphatic carbocycles. The normalized spacial score (nSPS) is 18.3. The minimum absolute atomic E-state index is 0.00538. The number of nitrogens with two attached hydrogens (primary N) is 1. The predicted octanol–water partition coefficient (Wildman–Crippen LogP) is -0.846. The van der Waals surface area contributed by atoms with Gasteiger partial charge in [0.25, 0.3) is 17.6 Å². The molecule has 388 valence electrons. The number of nitrogens with zero attached hydrogens (tertiary/aromatic N) is 3. The maximum atomic E-state index is 13.6. The van der Waals surface area contributed by atoms with E-state index >= 15 is 0 Å². The maximum absolute atomic E-state index is 13.6. The number of nitriles is 1. The Morgan fingerprint density at radius 2 is 1.50 bits per heavy atom. The van der Waals surface area contributed by atoms with Crippen LogP contribution in [0.25, 0.3) is 0 Å². The monoisotopic (exact) mass is 1010 g/mol. The number of aliphatic hydroxyl groups is 3. The van der Waals surface area contributed by atoms with Crippen molar-refractivity contribution in [3.8, 4) is 29.2 Å². The van der Waals surface area contributed by atoms with E-state index in [4.69, 9.17) is 43.6 Å². The summed E-state index contributed by atoms with van der Waals surface area (Å²) in [4.78, 5) is 75.7. The Kier molecular flexibility index (Phi) is 21.0. The van der Waals surface area contributed by atoms with Crippen LogP contribution in [0.3, 0.4) is 0 Å². The Hall–Kier alpha value is -7.44. The van der Waals surface area contributed by atoms with Gasteiger partial charge >= 0.3 is 17.8 Å². The highest BCUT2D eigenvalue weighted by atomic mass is 16.7. The molecule has 3 aromatic rings. The van der Waals surface area contributed by atoms with Crippen molar-refractivity contribution in [3.05, 3.63) is 71.3 Å². The second-order valence-electron chi connectivity index (χ2n) is 15.8. The number of carbonyl (C=O) groups excluding carboxylic acids is 5. The standard InChI is InChI=1S/C47H57N7O18/c1-4-70-45-30(25-48)31(49)24-35(52-38(57)23-28-22-29(65-2)6-8-33(28)66-3)54(45)26-27-5-7-34(71-47-43(62)41(60)42(61)44(72-47)46(63)64)32(21-27)51-37(56)11-13-50-36(55)12-15-67-17-19-69-20-18-68-16-14-53-39(58)9-10-40(53)59/h5-10,21-22,24,41-44,47,60-62H,4,11-20,23,26H2,1-3H3,(H5,49,50,51,52,55,56,57,63,64)/p+1/t41-,42-,43+,44-,47+/m0/s1. The zero-order valence-corrected chi connectivity index (χ0v) is 39.7. The van der Waals surface area contributed by atoms with E-state index in [1.807, 2.05) is 6.07 Å². The van der Waals surface area contributed by atoms with Crippen molar-refractivity contribution in [1.82, 2.24) is 10.2 Å². The Morgan fingerprint density at radius 3 is 2.15 bits per heavy atom.